The first-order chi connectivity index (χ1) is 7.86. The van der Waals surface area contributed by atoms with Gasteiger partial charge in [-0.3, -0.25) is 4.79 Å². The first kappa shape index (κ1) is 14.5. The number of amides is 1. The normalized spacial score (nSPS) is 26.9. The van der Waals surface area contributed by atoms with Gasteiger partial charge in [0.1, 0.15) is 0 Å². The third-order valence-corrected chi connectivity index (χ3v) is 3.61. The number of rotatable bonds is 4. The van der Waals surface area contributed by atoms with Crippen molar-refractivity contribution in [2.75, 3.05) is 26.7 Å². The number of carbonyl (C=O) groups excluding carboxylic acids is 1. The maximum Gasteiger partial charge on any atom is 0.239 e. The van der Waals surface area contributed by atoms with Crippen molar-refractivity contribution in [1.29, 1.82) is 0 Å². The van der Waals surface area contributed by atoms with Gasteiger partial charge in [0, 0.05) is 12.6 Å². The van der Waals surface area contributed by atoms with Crippen LogP contribution in [-0.2, 0) is 4.79 Å². The number of nitrogens with zero attached hydrogens (tertiary/aromatic N) is 1. The van der Waals surface area contributed by atoms with Crippen LogP contribution in [0.15, 0.2) is 0 Å². The summed E-state index contributed by atoms with van der Waals surface area (Å²) in [4.78, 5) is 14.5. The molecule has 2 unspecified atom stereocenters. The quantitative estimate of drug-likeness (QED) is 0.766. The molecule has 1 aliphatic rings. The van der Waals surface area contributed by atoms with Gasteiger partial charge >= 0.3 is 0 Å². The topological polar surface area (TPSA) is 44.4 Å². The minimum atomic E-state index is -0.474. The molecule has 4 nitrogen and oxygen atoms in total. The summed E-state index contributed by atoms with van der Waals surface area (Å²) in [6.45, 7) is 11.0. The standard InChI is InChI=1S/C13H27N3O/c1-6-14-13(3,4)12(17)15-11-7-8-16(5)9-10(11)2/h10-11,14H,6-9H2,1-5H3,(H,15,17). The number of nitrogens with one attached hydrogen (secondary N) is 2. The molecule has 1 fully saturated rings. The molecule has 2 atom stereocenters. The summed E-state index contributed by atoms with van der Waals surface area (Å²) in [7, 11) is 2.14. The van der Waals surface area contributed by atoms with Crippen LogP contribution in [-0.4, -0.2) is 49.1 Å². The molecule has 2 N–H and O–H groups in total. The van der Waals surface area contributed by atoms with Gasteiger partial charge in [0.15, 0.2) is 0 Å². The van der Waals surface area contributed by atoms with E-state index >= 15 is 0 Å². The fourth-order valence-electron chi connectivity index (χ4n) is 2.44. The molecule has 1 saturated heterocycles. The van der Waals surface area contributed by atoms with Crippen molar-refractivity contribution < 1.29 is 4.79 Å². The van der Waals surface area contributed by atoms with Gasteiger partial charge in [0.2, 0.25) is 5.91 Å². The molecule has 1 amide bonds. The smallest absolute Gasteiger partial charge is 0.239 e. The second-order valence-corrected chi connectivity index (χ2v) is 5.76. The molecule has 0 spiro atoms. The van der Waals surface area contributed by atoms with E-state index in [0.717, 1.165) is 26.1 Å². The van der Waals surface area contributed by atoms with E-state index in [1.807, 2.05) is 20.8 Å². The van der Waals surface area contributed by atoms with Crippen LogP contribution in [0.4, 0.5) is 0 Å². The fraction of sp³-hybridized carbons (Fsp3) is 0.923. The summed E-state index contributed by atoms with van der Waals surface area (Å²) in [6.07, 6.45) is 1.05. The Bertz CT molecular complexity index is 265. The lowest BCUT2D eigenvalue weighted by Gasteiger charge is -2.37. The largest absolute Gasteiger partial charge is 0.351 e. The van der Waals surface area contributed by atoms with E-state index in [9.17, 15) is 4.79 Å². The molecule has 4 heteroatoms. The van der Waals surface area contributed by atoms with Crippen molar-refractivity contribution in [3.05, 3.63) is 0 Å². The highest BCUT2D eigenvalue weighted by Gasteiger charge is 2.31. The molecule has 0 aliphatic carbocycles. The Hall–Kier alpha value is -0.610. The Labute approximate surface area is 105 Å². The van der Waals surface area contributed by atoms with E-state index in [1.165, 1.54) is 0 Å². The van der Waals surface area contributed by atoms with Gasteiger partial charge in [-0.25, -0.2) is 0 Å². The third kappa shape index (κ3) is 3.96. The van der Waals surface area contributed by atoms with Crippen LogP contribution >= 0.6 is 0 Å². The van der Waals surface area contributed by atoms with E-state index in [2.05, 4.69) is 29.5 Å². The monoisotopic (exact) mass is 241 g/mol. The zero-order valence-corrected chi connectivity index (χ0v) is 11.8. The van der Waals surface area contributed by atoms with E-state index in [0.29, 0.717) is 12.0 Å². The highest BCUT2D eigenvalue weighted by Crippen LogP contribution is 2.16. The molecular formula is C13H27N3O. The Morgan fingerprint density at radius 2 is 2.12 bits per heavy atom. The summed E-state index contributed by atoms with van der Waals surface area (Å²) >= 11 is 0. The number of likely N-dealkylation sites (tertiary alicyclic amines) is 1. The molecule has 0 aromatic carbocycles. The molecular weight excluding hydrogens is 214 g/mol. The average molecular weight is 241 g/mol. The van der Waals surface area contributed by atoms with Crippen LogP contribution in [0.5, 0.6) is 0 Å². The molecule has 1 heterocycles. The SMILES string of the molecule is CCNC(C)(C)C(=O)NC1CCN(C)CC1C. The fourth-order valence-corrected chi connectivity index (χ4v) is 2.44. The lowest BCUT2D eigenvalue weighted by molar-refractivity contribution is -0.127. The predicted octanol–water partition coefficient (Wildman–Crippen LogP) is 0.831. The second kappa shape index (κ2) is 5.83. The summed E-state index contributed by atoms with van der Waals surface area (Å²) < 4.78 is 0. The zero-order chi connectivity index (χ0) is 13.1. The predicted molar refractivity (Wildman–Crippen MR) is 71.0 cm³/mol. The van der Waals surface area contributed by atoms with Crippen molar-refractivity contribution in [3.63, 3.8) is 0 Å². The highest BCUT2D eigenvalue weighted by molar-refractivity contribution is 5.85. The molecule has 0 saturated carbocycles. The molecule has 17 heavy (non-hydrogen) atoms. The highest BCUT2D eigenvalue weighted by atomic mass is 16.2. The molecule has 0 radical (unpaired) electrons. The van der Waals surface area contributed by atoms with Crippen molar-refractivity contribution in [2.24, 2.45) is 5.92 Å². The summed E-state index contributed by atoms with van der Waals surface area (Å²) in [5.74, 6) is 0.635. The summed E-state index contributed by atoms with van der Waals surface area (Å²) in [6, 6.07) is 0.316. The Morgan fingerprint density at radius 1 is 1.47 bits per heavy atom. The molecule has 1 aliphatic heterocycles. The first-order valence-corrected chi connectivity index (χ1v) is 6.61. The van der Waals surface area contributed by atoms with Crippen molar-refractivity contribution in [3.8, 4) is 0 Å². The molecule has 0 aromatic heterocycles. The van der Waals surface area contributed by atoms with Crippen molar-refractivity contribution in [2.45, 2.75) is 45.7 Å². The van der Waals surface area contributed by atoms with Gasteiger partial charge < -0.3 is 15.5 Å². The van der Waals surface area contributed by atoms with Crippen molar-refractivity contribution >= 4 is 5.91 Å². The Kier molecular flexibility index (Phi) is 4.95. The van der Waals surface area contributed by atoms with E-state index in [1.54, 1.807) is 0 Å². The molecule has 0 bridgehead atoms. The number of hydrogen-bond donors (Lipinski definition) is 2. The lowest BCUT2D eigenvalue weighted by Crippen LogP contribution is -2.58. The van der Waals surface area contributed by atoms with Crippen LogP contribution < -0.4 is 10.6 Å². The first-order valence-electron chi connectivity index (χ1n) is 6.61. The summed E-state index contributed by atoms with van der Waals surface area (Å²) in [5, 5.41) is 6.40. The van der Waals surface area contributed by atoms with E-state index in [-0.39, 0.29) is 5.91 Å². The maximum absolute atomic E-state index is 12.2. The number of likely N-dealkylation sites (N-methyl/N-ethyl adjacent to an activating group) is 1. The van der Waals surface area contributed by atoms with E-state index in [4.69, 9.17) is 0 Å². The second-order valence-electron chi connectivity index (χ2n) is 5.76. The van der Waals surface area contributed by atoms with Crippen LogP contribution in [0.25, 0.3) is 0 Å². The van der Waals surface area contributed by atoms with Gasteiger partial charge in [0.05, 0.1) is 5.54 Å². The maximum atomic E-state index is 12.2. The van der Waals surface area contributed by atoms with Crippen LogP contribution in [0, 0.1) is 5.92 Å². The van der Waals surface area contributed by atoms with Crippen LogP contribution in [0.2, 0.25) is 0 Å². The third-order valence-electron chi connectivity index (χ3n) is 3.61. The zero-order valence-electron chi connectivity index (χ0n) is 11.8. The van der Waals surface area contributed by atoms with E-state index < -0.39 is 5.54 Å². The summed E-state index contributed by atoms with van der Waals surface area (Å²) in [5.41, 5.74) is -0.474. The minimum absolute atomic E-state index is 0.112. The average Bonchev–Trinajstić information content (AvgIpc) is 2.22. The van der Waals surface area contributed by atoms with Crippen LogP contribution in [0.1, 0.15) is 34.1 Å². The lowest BCUT2D eigenvalue weighted by atomic mass is 9.93. The van der Waals surface area contributed by atoms with Gasteiger partial charge in [-0.05, 0) is 46.3 Å². The number of hydrogen-bond acceptors (Lipinski definition) is 3. The van der Waals surface area contributed by atoms with Gasteiger partial charge in [0.25, 0.3) is 0 Å². The number of carbonyl (C=O) groups is 1. The Morgan fingerprint density at radius 3 is 2.65 bits per heavy atom. The molecule has 0 aromatic rings. The molecule has 1 rings (SSSR count). The van der Waals surface area contributed by atoms with Crippen molar-refractivity contribution in [1.82, 2.24) is 15.5 Å². The molecule has 100 valence electrons. The number of piperidine rings is 1. The van der Waals surface area contributed by atoms with Gasteiger partial charge in [-0.15, -0.1) is 0 Å². The minimum Gasteiger partial charge on any atom is -0.351 e. The Balaban J connectivity index is 2.51. The van der Waals surface area contributed by atoms with Gasteiger partial charge in [-0.2, -0.15) is 0 Å². The van der Waals surface area contributed by atoms with Gasteiger partial charge in [-0.1, -0.05) is 13.8 Å². The van der Waals surface area contributed by atoms with Crippen LogP contribution in [0.3, 0.4) is 0 Å².